The van der Waals surface area contributed by atoms with Crippen molar-refractivity contribution < 1.29 is 9.53 Å². The largest absolute Gasteiger partial charge is 0.454 e. The summed E-state index contributed by atoms with van der Waals surface area (Å²) in [6.07, 6.45) is 4.40. The summed E-state index contributed by atoms with van der Waals surface area (Å²) >= 11 is 3.33. The molecule has 0 atom stereocenters. The third-order valence-electron chi connectivity index (χ3n) is 3.15. The SMILES string of the molecule is N#Cc1cc(NC(=O)c2cccc(Br)c2)cc(Oc2cncnc2)c1. The molecule has 0 spiro atoms. The fourth-order valence-electron chi connectivity index (χ4n) is 2.10. The van der Waals surface area contributed by atoms with Gasteiger partial charge in [-0.25, -0.2) is 9.97 Å². The lowest BCUT2D eigenvalue weighted by molar-refractivity contribution is 0.102. The van der Waals surface area contributed by atoms with Crippen LogP contribution in [-0.4, -0.2) is 15.9 Å². The molecule has 0 aliphatic carbocycles. The van der Waals surface area contributed by atoms with Gasteiger partial charge < -0.3 is 10.1 Å². The maximum atomic E-state index is 12.4. The number of nitriles is 1. The van der Waals surface area contributed by atoms with Gasteiger partial charge in [-0.1, -0.05) is 22.0 Å². The average Bonchev–Trinajstić information content (AvgIpc) is 2.62. The van der Waals surface area contributed by atoms with Crippen molar-refractivity contribution in [3.8, 4) is 17.6 Å². The fourth-order valence-corrected chi connectivity index (χ4v) is 2.50. The number of nitrogens with zero attached hydrogens (tertiary/aromatic N) is 3. The van der Waals surface area contributed by atoms with Crippen LogP contribution >= 0.6 is 15.9 Å². The zero-order valence-electron chi connectivity index (χ0n) is 12.8. The van der Waals surface area contributed by atoms with Gasteiger partial charge in [0.25, 0.3) is 5.91 Å². The molecular weight excluding hydrogens is 384 g/mol. The standard InChI is InChI=1S/C18H11BrN4O2/c19-14-3-1-2-13(6-14)18(24)23-15-4-12(8-20)5-16(7-15)25-17-9-21-11-22-10-17/h1-7,9-11H,(H,23,24). The number of hydrogen-bond acceptors (Lipinski definition) is 5. The first-order valence-electron chi connectivity index (χ1n) is 7.19. The van der Waals surface area contributed by atoms with Gasteiger partial charge in [0.05, 0.1) is 24.0 Å². The molecule has 0 bridgehead atoms. The van der Waals surface area contributed by atoms with Crippen molar-refractivity contribution in [3.63, 3.8) is 0 Å². The number of benzene rings is 2. The number of aromatic nitrogens is 2. The highest BCUT2D eigenvalue weighted by Crippen LogP contribution is 2.26. The summed E-state index contributed by atoms with van der Waals surface area (Å²) in [5.41, 5.74) is 1.31. The molecule has 1 N–H and O–H groups in total. The molecule has 1 amide bonds. The van der Waals surface area contributed by atoms with Gasteiger partial charge in [-0.2, -0.15) is 5.26 Å². The Bertz CT molecular complexity index is 955. The van der Waals surface area contributed by atoms with Crippen LogP contribution in [0.1, 0.15) is 15.9 Å². The summed E-state index contributed by atoms with van der Waals surface area (Å²) in [4.78, 5) is 20.1. The highest BCUT2D eigenvalue weighted by Gasteiger charge is 2.09. The molecule has 7 heteroatoms. The molecule has 0 aliphatic heterocycles. The average molecular weight is 395 g/mol. The predicted molar refractivity (Wildman–Crippen MR) is 95.4 cm³/mol. The molecule has 0 radical (unpaired) electrons. The number of anilines is 1. The van der Waals surface area contributed by atoms with Crippen molar-refractivity contribution in [1.29, 1.82) is 5.26 Å². The van der Waals surface area contributed by atoms with Crippen molar-refractivity contribution >= 4 is 27.5 Å². The lowest BCUT2D eigenvalue weighted by Gasteiger charge is -2.10. The number of carbonyl (C=O) groups excluding carboxylic acids is 1. The van der Waals surface area contributed by atoms with E-state index in [4.69, 9.17) is 4.74 Å². The van der Waals surface area contributed by atoms with E-state index in [2.05, 4.69) is 31.2 Å². The van der Waals surface area contributed by atoms with E-state index < -0.39 is 0 Å². The van der Waals surface area contributed by atoms with E-state index in [9.17, 15) is 10.1 Å². The Kier molecular flexibility index (Phi) is 5.02. The van der Waals surface area contributed by atoms with Crippen LogP contribution in [0.3, 0.4) is 0 Å². The maximum absolute atomic E-state index is 12.4. The summed E-state index contributed by atoms with van der Waals surface area (Å²) in [5, 5.41) is 12.0. The van der Waals surface area contributed by atoms with Crippen LogP contribution in [0.2, 0.25) is 0 Å². The zero-order valence-corrected chi connectivity index (χ0v) is 14.4. The van der Waals surface area contributed by atoms with Gasteiger partial charge in [0, 0.05) is 21.8 Å². The Morgan fingerprint density at radius 1 is 1.12 bits per heavy atom. The molecule has 0 fully saturated rings. The first-order chi connectivity index (χ1) is 12.1. The van der Waals surface area contributed by atoms with Gasteiger partial charge >= 0.3 is 0 Å². The summed E-state index contributed by atoms with van der Waals surface area (Å²) in [7, 11) is 0. The van der Waals surface area contributed by atoms with E-state index >= 15 is 0 Å². The van der Waals surface area contributed by atoms with Crippen molar-refractivity contribution in [2.45, 2.75) is 0 Å². The van der Waals surface area contributed by atoms with Crippen LogP contribution in [0.25, 0.3) is 0 Å². The van der Waals surface area contributed by atoms with Crippen LogP contribution in [0, 0.1) is 11.3 Å². The Morgan fingerprint density at radius 3 is 2.64 bits per heavy atom. The van der Waals surface area contributed by atoms with Crippen LogP contribution in [0.5, 0.6) is 11.5 Å². The molecule has 3 rings (SSSR count). The zero-order chi connectivity index (χ0) is 17.6. The van der Waals surface area contributed by atoms with E-state index in [1.165, 1.54) is 18.7 Å². The van der Waals surface area contributed by atoms with Gasteiger partial charge in [0.2, 0.25) is 0 Å². The molecular formula is C18H11BrN4O2. The van der Waals surface area contributed by atoms with Crippen LogP contribution < -0.4 is 10.1 Å². The second kappa shape index (κ2) is 7.55. The summed E-state index contributed by atoms with van der Waals surface area (Å²) in [6.45, 7) is 0. The van der Waals surface area contributed by atoms with Gasteiger partial charge in [0.15, 0.2) is 5.75 Å². The van der Waals surface area contributed by atoms with Crippen LogP contribution in [0.4, 0.5) is 5.69 Å². The van der Waals surface area contributed by atoms with E-state index in [0.717, 1.165) is 4.47 Å². The molecule has 0 unspecified atom stereocenters. The lowest BCUT2D eigenvalue weighted by Crippen LogP contribution is -2.12. The first-order valence-corrected chi connectivity index (χ1v) is 7.98. The van der Waals surface area contributed by atoms with E-state index in [0.29, 0.717) is 28.3 Å². The molecule has 0 saturated carbocycles. The minimum Gasteiger partial charge on any atom is -0.454 e. The molecule has 0 saturated heterocycles. The topological polar surface area (TPSA) is 87.9 Å². The molecule has 1 aromatic heterocycles. The second-order valence-electron chi connectivity index (χ2n) is 5.00. The minimum absolute atomic E-state index is 0.287. The normalized spacial score (nSPS) is 9.92. The molecule has 25 heavy (non-hydrogen) atoms. The highest BCUT2D eigenvalue weighted by atomic mass is 79.9. The molecule has 3 aromatic rings. The van der Waals surface area contributed by atoms with Crippen LogP contribution in [-0.2, 0) is 0 Å². The Hall–Kier alpha value is -3.24. The predicted octanol–water partition coefficient (Wildman–Crippen LogP) is 4.16. The third-order valence-corrected chi connectivity index (χ3v) is 3.65. The van der Waals surface area contributed by atoms with Gasteiger partial charge in [-0.15, -0.1) is 0 Å². The molecule has 6 nitrogen and oxygen atoms in total. The van der Waals surface area contributed by atoms with E-state index in [-0.39, 0.29) is 5.91 Å². The monoisotopic (exact) mass is 394 g/mol. The second-order valence-corrected chi connectivity index (χ2v) is 5.91. The van der Waals surface area contributed by atoms with Gasteiger partial charge in [0.1, 0.15) is 12.1 Å². The molecule has 0 aliphatic rings. The van der Waals surface area contributed by atoms with E-state index in [1.54, 1.807) is 36.4 Å². The number of hydrogen-bond donors (Lipinski definition) is 1. The molecule has 122 valence electrons. The maximum Gasteiger partial charge on any atom is 0.255 e. The van der Waals surface area contributed by atoms with Crippen molar-refractivity contribution in [1.82, 2.24) is 9.97 Å². The van der Waals surface area contributed by atoms with Crippen molar-refractivity contribution in [2.75, 3.05) is 5.32 Å². The third kappa shape index (κ3) is 4.40. The fraction of sp³-hybridized carbons (Fsp3) is 0. The Balaban J connectivity index is 1.85. The van der Waals surface area contributed by atoms with Gasteiger partial charge in [-0.3, -0.25) is 4.79 Å². The number of carbonyl (C=O) groups is 1. The van der Waals surface area contributed by atoms with Gasteiger partial charge in [-0.05, 0) is 30.3 Å². The minimum atomic E-state index is -0.287. The quantitative estimate of drug-likeness (QED) is 0.717. The Morgan fingerprint density at radius 2 is 1.92 bits per heavy atom. The smallest absolute Gasteiger partial charge is 0.255 e. The number of rotatable bonds is 4. The Labute approximate surface area is 152 Å². The van der Waals surface area contributed by atoms with Crippen molar-refractivity contribution in [2.24, 2.45) is 0 Å². The first kappa shape index (κ1) is 16.6. The summed E-state index contributed by atoms with van der Waals surface area (Å²) in [5.74, 6) is 0.547. The number of halogens is 1. The number of ether oxygens (including phenoxy) is 1. The molecule has 1 heterocycles. The molecule has 2 aromatic carbocycles. The number of nitrogens with one attached hydrogen (secondary N) is 1. The number of amides is 1. The summed E-state index contributed by atoms with van der Waals surface area (Å²) in [6, 6.07) is 13.8. The van der Waals surface area contributed by atoms with E-state index in [1.807, 2.05) is 12.1 Å². The summed E-state index contributed by atoms with van der Waals surface area (Å²) < 4.78 is 6.44. The van der Waals surface area contributed by atoms with Crippen LogP contribution in [0.15, 0.2) is 65.7 Å². The van der Waals surface area contributed by atoms with Crippen molar-refractivity contribution in [3.05, 3.63) is 76.8 Å². The lowest BCUT2D eigenvalue weighted by atomic mass is 10.1. The highest BCUT2D eigenvalue weighted by molar-refractivity contribution is 9.10.